The SMILES string of the molecule is COc1ccccc1C1CC(c2ccc(Br)cc2)=NN1S(=O)(=O)c1ccccc1C. The van der Waals surface area contributed by atoms with Gasteiger partial charge in [0, 0.05) is 16.5 Å². The normalized spacial score (nSPS) is 16.4. The van der Waals surface area contributed by atoms with Crippen LogP contribution < -0.4 is 4.74 Å². The zero-order valence-corrected chi connectivity index (χ0v) is 19.0. The fourth-order valence-corrected chi connectivity index (χ4v) is 5.57. The Morgan fingerprint density at radius 3 is 2.37 bits per heavy atom. The molecule has 4 rings (SSSR count). The molecule has 154 valence electrons. The lowest BCUT2D eigenvalue weighted by Crippen LogP contribution is -2.28. The van der Waals surface area contributed by atoms with Gasteiger partial charge in [0.1, 0.15) is 5.75 Å². The maximum atomic E-state index is 13.6. The van der Waals surface area contributed by atoms with Crippen molar-refractivity contribution < 1.29 is 13.2 Å². The summed E-state index contributed by atoms with van der Waals surface area (Å²) in [5.74, 6) is 0.639. The standard InChI is InChI=1S/C23H21BrN2O3S/c1-16-7-3-6-10-23(16)30(27,28)26-21(19-8-4-5-9-22(19)29-2)15-20(25-26)17-11-13-18(24)14-12-17/h3-14,21H,15H2,1-2H3. The fraction of sp³-hybridized carbons (Fsp3) is 0.174. The molecule has 0 saturated heterocycles. The fourth-order valence-electron chi connectivity index (χ4n) is 3.65. The molecular formula is C23H21BrN2O3S. The molecule has 0 saturated carbocycles. The van der Waals surface area contributed by atoms with E-state index in [4.69, 9.17) is 4.74 Å². The molecule has 0 radical (unpaired) electrons. The summed E-state index contributed by atoms with van der Waals surface area (Å²) in [7, 11) is -2.27. The number of methoxy groups -OCH3 is 1. The molecule has 0 spiro atoms. The second-order valence-corrected chi connectivity index (χ2v) is 9.74. The van der Waals surface area contributed by atoms with Crippen molar-refractivity contribution in [3.8, 4) is 5.75 Å². The summed E-state index contributed by atoms with van der Waals surface area (Å²) in [6.07, 6.45) is 0.452. The van der Waals surface area contributed by atoms with Gasteiger partial charge in [-0.2, -0.15) is 17.9 Å². The minimum absolute atomic E-state index is 0.255. The van der Waals surface area contributed by atoms with Crippen LogP contribution >= 0.6 is 15.9 Å². The molecule has 1 atom stereocenters. The third kappa shape index (κ3) is 3.75. The van der Waals surface area contributed by atoms with Gasteiger partial charge in [-0.05, 0) is 42.3 Å². The predicted molar refractivity (Wildman–Crippen MR) is 121 cm³/mol. The van der Waals surface area contributed by atoms with Crippen molar-refractivity contribution in [2.45, 2.75) is 24.3 Å². The van der Waals surface area contributed by atoms with Crippen LogP contribution in [0.3, 0.4) is 0 Å². The summed E-state index contributed by atoms with van der Waals surface area (Å²) >= 11 is 3.44. The molecule has 3 aromatic carbocycles. The lowest BCUT2D eigenvalue weighted by atomic mass is 9.98. The Bertz CT molecular complexity index is 1210. The predicted octanol–water partition coefficient (Wildman–Crippen LogP) is 5.31. The van der Waals surface area contributed by atoms with Crippen LogP contribution in [0, 0.1) is 6.92 Å². The van der Waals surface area contributed by atoms with Crippen molar-refractivity contribution in [3.63, 3.8) is 0 Å². The van der Waals surface area contributed by atoms with E-state index >= 15 is 0 Å². The summed E-state index contributed by atoms with van der Waals surface area (Å²) in [5, 5.41) is 4.60. The minimum atomic E-state index is -3.86. The van der Waals surface area contributed by atoms with E-state index in [9.17, 15) is 8.42 Å². The van der Waals surface area contributed by atoms with Gasteiger partial charge >= 0.3 is 0 Å². The number of aryl methyl sites for hydroxylation is 1. The van der Waals surface area contributed by atoms with Crippen LogP contribution in [0.25, 0.3) is 0 Å². The first-order chi connectivity index (χ1) is 14.4. The van der Waals surface area contributed by atoms with E-state index in [2.05, 4.69) is 21.0 Å². The molecule has 0 fully saturated rings. The molecule has 0 aromatic heterocycles. The molecule has 0 N–H and O–H groups in total. The average molecular weight is 485 g/mol. The number of ether oxygens (including phenoxy) is 1. The summed E-state index contributed by atoms with van der Waals surface area (Å²) in [6.45, 7) is 1.79. The van der Waals surface area contributed by atoms with Gasteiger partial charge in [0.05, 0.1) is 23.8 Å². The van der Waals surface area contributed by atoms with Crippen LogP contribution in [-0.2, 0) is 10.0 Å². The Kier molecular flexibility index (Phi) is 5.66. The highest BCUT2D eigenvalue weighted by Crippen LogP contribution is 2.41. The molecule has 0 aliphatic carbocycles. The number of nitrogens with zero attached hydrogens (tertiary/aromatic N) is 2. The Hall–Kier alpha value is -2.64. The van der Waals surface area contributed by atoms with E-state index in [1.54, 1.807) is 32.2 Å². The summed E-state index contributed by atoms with van der Waals surface area (Å²) in [6, 6.07) is 21.7. The van der Waals surface area contributed by atoms with Gasteiger partial charge in [-0.25, -0.2) is 0 Å². The molecule has 1 heterocycles. The lowest BCUT2D eigenvalue weighted by Gasteiger charge is -2.25. The average Bonchev–Trinajstić information content (AvgIpc) is 3.20. The van der Waals surface area contributed by atoms with Gasteiger partial charge in [0.2, 0.25) is 0 Å². The summed E-state index contributed by atoms with van der Waals surface area (Å²) in [5.41, 5.74) is 3.08. The van der Waals surface area contributed by atoms with E-state index < -0.39 is 16.1 Å². The Labute approximate surface area is 185 Å². The molecular weight excluding hydrogens is 464 g/mol. The number of rotatable bonds is 5. The van der Waals surface area contributed by atoms with E-state index in [0.29, 0.717) is 17.7 Å². The zero-order valence-electron chi connectivity index (χ0n) is 16.6. The molecule has 3 aromatic rings. The van der Waals surface area contributed by atoms with Crippen LogP contribution in [0.1, 0.15) is 29.2 Å². The minimum Gasteiger partial charge on any atom is -0.496 e. The highest BCUT2D eigenvalue weighted by molar-refractivity contribution is 9.10. The molecule has 0 bridgehead atoms. The van der Waals surface area contributed by atoms with Gasteiger partial charge in [0.15, 0.2) is 0 Å². The number of halogens is 1. The molecule has 1 aliphatic heterocycles. The van der Waals surface area contributed by atoms with Crippen molar-refractivity contribution >= 4 is 31.7 Å². The number of hydrogen-bond acceptors (Lipinski definition) is 4. The van der Waals surface area contributed by atoms with Crippen LogP contribution in [0.2, 0.25) is 0 Å². The maximum absolute atomic E-state index is 13.6. The van der Waals surface area contributed by atoms with E-state index in [1.165, 1.54) is 4.41 Å². The second kappa shape index (κ2) is 8.24. The van der Waals surface area contributed by atoms with Crippen LogP contribution in [-0.4, -0.2) is 25.7 Å². The van der Waals surface area contributed by atoms with E-state index in [1.807, 2.05) is 54.6 Å². The molecule has 5 nitrogen and oxygen atoms in total. The molecule has 7 heteroatoms. The smallest absolute Gasteiger partial charge is 0.279 e. The van der Waals surface area contributed by atoms with Gasteiger partial charge in [0.25, 0.3) is 10.0 Å². The van der Waals surface area contributed by atoms with Crippen molar-refractivity contribution in [2.75, 3.05) is 7.11 Å². The second-order valence-electron chi connectivity index (χ2n) is 7.06. The van der Waals surface area contributed by atoms with Gasteiger partial charge in [-0.15, -0.1) is 0 Å². The van der Waals surface area contributed by atoms with Crippen molar-refractivity contribution in [3.05, 3.63) is 94.0 Å². The first-order valence-electron chi connectivity index (χ1n) is 9.48. The maximum Gasteiger partial charge on any atom is 0.279 e. The van der Waals surface area contributed by atoms with Crippen molar-refractivity contribution in [2.24, 2.45) is 5.10 Å². The van der Waals surface area contributed by atoms with Gasteiger partial charge in [-0.1, -0.05) is 64.5 Å². The number of benzene rings is 3. The zero-order chi connectivity index (χ0) is 21.3. The number of hydrazone groups is 1. The number of hydrogen-bond donors (Lipinski definition) is 0. The Morgan fingerprint density at radius 1 is 1.00 bits per heavy atom. The van der Waals surface area contributed by atoms with Crippen molar-refractivity contribution in [1.82, 2.24) is 4.41 Å². The van der Waals surface area contributed by atoms with E-state index in [-0.39, 0.29) is 4.90 Å². The Morgan fingerprint density at radius 2 is 1.67 bits per heavy atom. The first-order valence-corrected chi connectivity index (χ1v) is 11.7. The highest BCUT2D eigenvalue weighted by atomic mass is 79.9. The Balaban J connectivity index is 1.85. The molecule has 30 heavy (non-hydrogen) atoms. The third-order valence-corrected chi connectivity index (χ3v) is 7.54. The first kappa shape index (κ1) is 20.6. The highest BCUT2D eigenvalue weighted by Gasteiger charge is 2.39. The largest absolute Gasteiger partial charge is 0.496 e. The van der Waals surface area contributed by atoms with Crippen LogP contribution in [0.5, 0.6) is 5.75 Å². The monoisotopic (exact) mass is 484 g/mol. The van der Waals surface area contributed by atoms with Crippen LogP contribution in [0.15, 0.2) is 87.3 Å². The lowest BCUT2D eigenvalue weighted by molar-refractivity contribution is 0.350. The molecule has 0 amide bonds. The molecule has 1 unspecified atom stereocenters. The quantitative estimate of drug-likeness (QED) is 0.493. The van der Waals surface area contributed by atoms with Crippen molar-refractivity contribution in [1.29, 1.82) is 0 Å². The van der Waals surface area contributed by atoms with E-state index in [0.717, 1.165) is 21.3 Å². The van der Waals surface area contributed by atoms with Gasteiger partial charge < -0.3 is 4.74 Å². The number of sulfonamides is 1. The van der Waals surface area contributed by atoms with Crippen LogP contribution in [0.4, 0.5) is 0 Å². The topological polar surface area (TPSA) is 59.0 Å². The van der Waals surface area contributed by atoms with Gasteiger partial charge in [-0.3, -0.25) is 0 Å². The third-order valence-electron chi connectivity index (χ3n) is 5.17. The molecule has 1 aliphatic rings. The number of para-hydroxylation sites is 1. The summed E-state index contributed by atoms with van der Waals surface area (Å²) < 4.78 is 35.0. The summed E-state index contributed by atoms with van der Waals surface area (Å²) in [4.78, 5) is 0.255.